The minimum absolute atomic E-state index is 0.0367. The number of methoxy groups -OCH3 is 2. The summed E-state index contributed by atoms with van der Waals surface area (Å²) in [4.78, 5) is 31.8. The van der Waals surface area contributed by atoms with Crippen molar-refractivity contribution >= 4 is 23.1 Å². The maximum Gasteiger partial charge on any atom is 0.300 e. The first kappa shape index (κ1) is 20.2. The van der Waals surface area contributed by atoms with Crippen LogP contribution < -0.4 is 14.4 Å². The van der Waals surface area contributed by atoms with Crippen LogP contribution in [0.3, 0.4) is 0 Å². The zero-order valence-corrected chi connectivity index (χ0v) is 17.0. The molecule has 1 fully saturated rings. The van der Waals surface area contributed by atoms with Crippen LogP contribution in [0.1, 0.15) is 17.2 Å². The van der Waals surface area contributed by atoms with Gasteiger partial charge in [-0.15, -0.1) is 0 Å². The van der Waals surface area contributed by atoms with Gasteiger partial charge in [-0.25, -0.2) is 0 Å². The fourth-order valence-electron chi connectivity index (χ4n) is 3.70. The maximum atomic E-state index is 13.1. The number of benzene rings is 2. The number of hydrogen-bond acceptors (Lipinski definition) is 6. The van der Waals surface area contributed by atoms with E-state index in [2.05, 4.69) is 4.98 Å². The van der Waals surface area contributed by atoms with E-state index < -0.39 is 17.7 Å². The van der Waals surface area contributed by atoms with E-state index in [-0.39, 0.29) is 11.3 Å². The quantitative estimate of drug-likeness (QED) is 0.387. The molecule has 1 amide bonds. The van der Waals surface area contributed by atoms with Crippen molar-refractivity contribution in [2.24, 2.45) is 0 Å². The highest BCUT2D eigenvalue weighted by atomic mass is 16.5. The number of aliphatic hydroxyl groups excluding tert-OH is 1. The van der Waals surface area contributed by atoms with Crippen LogP contribution in [0.4, 0.5) is 5.69 Å². The van der Waals surface area contributed by atoms with Crippen molar-refractivity contribution in [1.82, 2.24) is 4.98 Å². The topological polar surface area (TPSA) is 89.0 Å². The molecule has 1 saturated heterocycles. The van der Waals surface area contributed by atoms with Crippen LogP contribution >= 0.6 is 0 Å². The van der Waals surface area contributed by atoms with Gasteiger partial charge in [0.2, 0.25) is 0 Å². The number of aliphatic hydroxyl groups is 1. The molecular weight excluding hydrogens is 396 g/mol. The van der Waals surface area contributed by atoms with Crippen molar-refractivity contribution in [2.45, 2.75) is 6.04 Å². The van der Waals surface area contributed by atoms with Crippen LogP contribution in [-0.2, 0) is 9.59 Å². The Morgan fingerprint density at radius 1 is 1.00 bits per heavy atom. The predicted molar refractivity (Wildman–Crippen MR) is 115 cm³/mol. The highest BCUT2D eigenvalue weighted by Crippen LogP contribution is 2.43. The Kier molecular flexibility index (Phi) is 5.41. The molecule has 1 unspecified atom stereocenters. The van der Waals surface area contributed by atoms with Gasteiger partial charge in [0, 0.05) is 24.1 Å². The van der Waals surface area contributed by atoms with Crippen molar-refractivity contribution in [3.63, 3.8) is 0 Å². The molecule has 156 valence electrons. The molecule has 31 heavy (non-hydrogen) atoms. The normalized spacial score (nSPS) is 17.6. The Balaban J connectivity index is 1.96. The summed E-state index contributed by atoms with van der Waals surface area (Å²) in [6.07, 6.45) is 3.17. The van der Waals surface area contributed by atoms with Gasteiger partial charge in [0.1, 0.15) is 17.3 Å². The monoisotopic (exact) mass is 416 g/mol. The van der Waals surface area contributed by atoms with E-state index in [0.717, 1.165) is 0 Å². The number of rotatable bonds is 5. The van der Waals surface area contributed by atoms with Crippen molar-refractivity contribution in [1.29, 1.82) is 0 Å². The van der Waals surface area contributed by atoms with Gasteiger partial charge in [0.05, 0.1) is 31.4 Å². The first-order chi connectivity index (χ1) is 15.1. The lowest BCUT2D eigenvalue weighted by atomic mass is 9.96. The van der Waals surface area contributed by atoms with E-state index in [1.54, 1.807) is 73.1 Å². The molecule has 3 aromatic rings. The van der Waals surface area contributed by atoms with Gasteiger partial charge in [-0.3, -0.25) is 19.5 Å². The Morgan fingerprint density at radius 3 is 2.52 bits per heavy atom. The molecule has 1 aromatic heterocycles. The van der Waals surface area contributed by atoms with Crippen LogP contribution in [0, 0.1) is 0 Å². The zero-order chi connectivity index (χ0) is 22.0. The summed E-state index contributed by atoms with van der Waals surface area (Å²) in [6, 6.07) is 16.2. The van der Waals surface area contributed by atoms with E-state index in [1.807, 2.05) is 0 Å². The minimum Gasteiger partial charge on any atom is -0.507 e. The fraction of sp³-hybridized carbons (Fsp3) is 0.125. The largest absolute Gasteiger partial charge is 0.507 e. The number of Topliss-reactive ketones (excluding diaryl/α,β-unsaturated/α-hetero) is 1. The third kappa shape index (κ3) is 3.50. The van der Waals surface area contributed by atoms with E-state index in [0.29, 0.717) is 28.3 Å². The number of ether oxygens (including phenoxy) is 2. The molecule has 0 bridgehead atoms. The first-order valence-electron chi connectivity index (χ1n) is 9.55. The van der Waals surface area contributed by atoms with Crippen LogP contribution in [-0.4, -0.2) is 36.0 Å². The average Bonchev–Trinajstić information content (AvgIpc) is 3.09. The predicted octanol–water partition coefficient (Wildman–Crippen LogP) is 3.73. The van der Waals surface area contributed by atoms with Gasteiger partial charge in [0.15, 0.2) is 0 Å². The summed E-state index contributed by atoms with van der Waals surface area (Å²) in [7, 11) is 2.99. The summed E-state index contributed by atoms with van der Waals surface area (Å²) in [6.45, 7) is 0. The second-order valence-corrected chi connectivity index (χ2v) is 6.86. The summed E-state index contributed by atoms with van der Waals surface area (Å²) in [5, 5.41) is 11.2. The Hall–Kier alpha value is -4.13. The SMILES string of the molecule is COc1cccc(N2C(=O)C(=O)/C(=C(/O)c3ccccc3OC)C2c2cccnc2)c1. The molecule has 7 heteroatoms. The molecule has 7 nitrogen and oxygen atoms in total. The molecule has 0 aliphatic carbocycles. The first-order valence-corrected chi connectivity index (χ1v) is 9.55. The molecule has 1 aliphatic rings. The number of anilines is 1. The lowest BCUT2D eigenvalue weighted by Gasteiger charge is -2.25. The molecule has 0 spiro atoms. The minimum atomic E-state index is -0.870. The van der Waals surface area contributed by atoms with Crippen LogP contribution in [0.15, 0.2) is 78.6 Å². The lowest BCUT2D eigenvalue weighted by Crippen LogP contribution is -2.29. The number of ketones is 1. The number of carbonyl (C=O) groups excluding carboxylic acids is 2. The Labute approximate surface area is 179 Å². The van der Waals surface area contributed by atoms with Gasteiger partial charge in [0.25, 0.3) is 11.7 Å². The summed E-state index contributed by atoms with van der Waals surface area (Å²) < 4.78 is 10.6. The molecule has 0 saturated carbocycles. The lowest BCUT2D eigenvalue weighted by molar-refractivity contribution is -0.132. The third-order valence-corrected chi connectivity index (χ3v) is 5.14. The molecule has 1 atom stereocenters. The van der Waals surface area contributed by atoms with Gasteiger partial charge >= 0.3 is 0 Å². The number of aromatic nitrogens is 1. The highest BCUT2D eigenvalue weighted by Gasteiger charge is 2.47. The van der Waals surface area contributed by atoms with Gasteiger partial charge in [-0.05, 0) is 35.9 Å². The van der Waals surface area contributed by atoms with Crippen LogP contribution in [0.25, 0.3) is 5.76 Å². The number of amides is 1. The number of carbonyl (C=O) groups is 2. The van der Waals surface area contributed by atoms with E-state index in [4.69, 9.17) is 9.47 Å². The molecule has 2 heterocycles. The van der Waals surface area contributed by atoms with Gasteiger partial charge in [-0.1, -0.05) is 24.3 Å². The Morgan fingerprint density at radius 2 is 1.81 bits per heavy atom. The number of pyridine rings is 1. The molecular formula is C24H20N2O5. The highest BCUT2D eigenvalue weighted by molar-refractivity contribution is 6.51. The van der Waals surface area contributed by atoms with E-state index in [1.165, 1.54) is 19.1 Å². The van der Waals surface area contributed by atoms with Crippen molar-refractivity contribution in [2.75, 3.05) is 19.1 Å². The molecule has 4 rings (SSSR count). The Bertz CT molecular complexity index is 1170. The van der Waals surface area contributed by atoms with Crippen LogP contribution in [0.5, 0.6) is 11.5 Å². The molecule has 1 N–H and O–H groups in total. The average molecular weight is 416 g/mol. The molecule has 1 aliphatic heterocycles. The standard InChI is InChI=1S/C24H20N2O5/c1-30-17-9-5-8-16(13-17)26-21(15-7-6-12-25-14-15)20(23(28)24(26)29)22(27)18-10-3-4-11-19(18)31-2/h3-14,21,27H,1-2H3/b22-20+. The van der Waals surface area contributed by atoms with Gasteiger partial charge < -0.3 is 14.6 Å². The summed E-state index contributed by atoms with van der Waals surface area (Å²) in [5.41, 5.74) is 1.34. The van der Waals surface area contributed by atoms with Crippen LogP contribution in [0.2, 0.25) is 0 Å². The van der Waals surface area contributed by atoms with Crippen molar-refractivity contribution in [3.8, 4) is 11.5 Å². The van der Waals surface area contributed by atoms with E-state index >= 15 is 0 Å². The number of hydrogen-bond donors (Lipinski definition) is 1. The molecule has 2 aromatic carbocycles. The molecule has 0 radical (unpaired) electrons. The van der Waals surface area contributed by atoms with Crippen molar-refractivity contribution in [3.05, 3.63) is 89.8 Å². The van der Waals surface area contributed by atoms with Gasteiger partial charge in [-0.2, -0.15) is 0 Å². The summed E-state index contributed by atoms with van der Waals surface area (Å²) >= 11 is 0. The van der Waals surface area contributed by atoms with E-state index in [9.17, 15) is 14.7 Å². The number of nitrogens with zero attached hydrogens (tertiary/aromatic N) is 2. The van der Waals surface area contributed by atoms with Crippen molar-refractivity contribution < 1.29 is 24.2 Å². The maximum absolute atomic E-state index is 13.1. The summed E-state index contributed by atoms with van der Waals surface area (Å²) in [5.74, 6) is -0.930. The number of para-hydroxylation sites is 1. The third-order valence-electron chi connectivity index (χ3n) is 5.14. The zero-order valence-electron chi connectivity index (χ0n) is 17.0. The fourth-order valence-corrected chi connectivity index (χ4v) is 3.70. The smallest absolute Gasteiger partial charge is 0.300 e. The second kappa shape index (κ2) is 8.31. The second-order valence-electron chi connectivity index (χ2n) is 6.86.